The van der Waals surface area contributed by atoms with E-state index in [4.69, 9.17) is 0 Å². The van der Waals surface area contributed by atoms with E-state index >= 15 is 0 Å². The average Bonchev–Trinajstić information content (AvgIpc) is 2.67. The van der Waals surface area contributed by atoms with Crippen molar-refractivity contribution in [3.8, 4) is 0 Å². The molecule has 7 heteroatoms. The minimum atomic E-state index is -0.654. The van der Waals surface area contributed by atoms with Crippen LogP contribution >= 0.6 is 11.8 Å². The summed E-state index contributed by atoms with van der Waals surface area (Å²) in [4.78, 5) is 26.2. The van der Waals surface area contributed by atoms with E-state index in [9.17, 15) is 18.4 Å². The summed E-state index contributed by atoms with van der Waals surface area (Å²) in [6.45, 7) is 1.87. The Balaban J connectivity index is 2.02. The van der Waals surface area contributed by atoms with E-state index in [0.29, 0.717) is 5.75 Å². The van der Waals surface area contributed by atoms with Gasteiger partial charge in [-0.05, 0) is 42.3 Å². The van der Waals surface area contributed by atoms with Crippen LogP contribution < -0.4 is 5.32 Å². The van der Waals surface area contributed by atoms with Gasteiger partial charge in [0, 0.05) is 19.3 Å². The first-order valence-electron chi connectivity index (χ1n) is 8.48. The predicted octanol–water partition coefficient (Wildman–Crippen LogP) is 3.36. The summed E-state index contributed by atoms with van der Waals surface area (Å²) in [7, 11) is 1.52. The number of halogens is 2. The fourth-order valence-electron chi connectivity index (χ4n) is 2.50. The molecule has 0 aliphatic carbocycles. The smallest absolute Gasteiger partial charge is 0.242 e. The number of amides is 2. The maximum Gasteiger partial charge on any atom is 0.242 e. The van der Waals surface area contributed by atoms with Gasteiger partial charge in [0.15, 0.2) is 0 Å². The number of likely N-dealkylation sites (N-methyl/N-ethyl adjacent to an activating group) is 1. The lowest BCUT2D eigenvalue weighted by Crippen LogP contribution is -2.47. The third-order valence-corrected chi connectivity index (χ3v) is 5.08. The van der Waals surface area contributed by atoms with Gasteiger partial charge in [0.2, 0.25) is 11.8 Å². The van der Waals surface area contributed by atoms with Crippen LogP contribution in [0.1, 0.15) is 18.1 Å². The number of hydrogen-bond acceptors (Lipinski definition) is 3. The normalized spacial score (nSPS) is 11.7. The molecular weight excluding hydrogens is 370 g/mol. The quantitative estimate of drug-likeness (QED) is 0.750. The van der Waals surface area contributed by atoms with Crippen molar-refractivity contribution >= 4 is 23.6 Å². The Kier molecular flexibility index (Phi) is 7.79. The third-order valence-electron chi connectivity index (χ3n) is 4.09. The monoisotopic (exact) mass is 392 g/mol. The van der Waals surface area contributed by atoms with Gasteiger partial charge in [-0.1, -0.05) is 24.3 Å². The van der Waals surface area contributed by atoms with Crippen LogP contribution in [0.25, 0.3) is 0 Å². The zero-order valence-corrected chi connectivity index (χ0v) is 16.1. The molecule has 2 aromatic rings. The van der Waals surface area contributed by atoms with Gasteiger partial charge in [0.05, 0.1) is 5.75 Å². The topological polar surface area (TPSA) is 49.4 Å². The molecule has 2 amide bonds. The first-order valence-corrected chi connectivity index (χ1v) is 9.64. The number of nitrogens with one attached hydrogen (secondary N) is 1. The van der Waals surface area contributed by atoms with Gasteiger partial charge in [0.1, 0.15) is 17.7 Å². The maximum absolute atomic E-state index is 13.1. The summed E-state index contributed by atoms with van der Waals surface area (Å²) in [5, 5.41) is 2.55. The molecule has 0 saturated carbocycles. The second-order valence-electron chi connectivity index (χ2n) is 6.06. The molecule has 0 saturated heterocycles. The number of carbonyl (C=O) groups excluding carboxylic acids is 2. The number of benzene rings is 2. The predicted molar refractivity (Wildman–Crippen MR) is 103 cm³/mol. The van der Waals surface area contributed by atoms with Gasteiger partial charge >= 0.3 is 0 Å². The number of nitrogens with zero attached hydrogens (tertiary/aromatic N) is 1. The standard InChI is InChI=1S/C20H22F2N2O2S/c1-14(20(26)23-2)24(11-15-3-7-17(21)8-4-15)19(25)13-27-12-16-5-9-18(22)10-6-16/h3-10,14H,11-13H2,1-2H3,(H,23,26). The van der Waals surface area contributed by atoms with Crippen molar-refractivity contribution in [3.05, 3.63) is 71.3 Å². The fraction of sp³-hybridized carbons (Fsp3) is 0.300. The van der Waals surface area contributed by atoms with E-state index in [0.717, 1.165) is 11.1 Å². The van der Waals surface area contributed by atoms with Crippen LogP contribution in [-0.4, -0.2) is 35.6 Å². The largest absolute Gasteiger partial charge is 0.357 e. The maximum atomic E-state index is 13.1. The summed E-state index contributed by atoms with van der Waals surface area (Å²) >= 11 is 1.39. The van der Waals surface area contributed by atoms with Crippen molar-refractivity contribution in [1.29, 1.82) is 0 Å². The molecular formula is C20H22F2N2O2S. The first-order chi connectivity index (χ1) is 12.9. The van der Waals surface area contributed by atoms with Crippen molar-refractivity contribution in [2.75, 3.05) is 12.8 Å². The number of carbonyl (C=O) groups is 2. The van der Waals surface area contributed by atoms with Crippen LogP contribution in [0.3, 0.4) is 0 Å². The highest BCUT2D eigenvalue weighted by atomic mass is 32.2. The summed E-state index contributed by atoms with van der Waals surface area (Å²) in [6.07, 6.45) is 0. The Morgan fingerprint density at radius 3 is 2.04 bits per heavy atom. The van der Waals surface area contributed by atoms with Crippen molar-refractivity contribution in [3.63, 3.8) is 0 Å². The Morgan fingerprint density at radius 1 is 1.00 bits per heavy atom. The van der Waals surface area contributed by atoms with E-state index in [1.807, 2.05) is 0 Å². The second kappa shape index (κ2) is 10.1. The zero-order chi connectivity index (χ0) is 19.8. The lowest BCUT2D eigenvalue weighted by Gasteiger charge is -2.28. The summed E-state index contributed by atoms with van der Waals surface area (Å²) < 4.78 is 26.0. The molecule has 1 atom stereocenters. The van der Waals surface area contributed by atoms with Crippen molar-refractivity contribution < 1.29 is 18.4 Å². The lowest BCUT2D eigenvalue weighted by molar-refractivity contribution is -0.138. The molecule has 0 aliphatic heterocycles. The summed E-state index contributed by atoms with van der Waals surface area (Å²) in [5.41, 5.74) is 1.66. The molecule has 0 bridgehead atoms. The Labute approximate surface area is 161 Å². The van der Waals surface area contributed by atoms with Crippen LogP contribution in [0.2, 0.25) is 0 Å². The minimum Gasteiger partial charge on any atom is -0.357 e. The van der Waals surface area contributed by atoms with Gasteiger partial charge in [-0.15, -0.1) is 11.8 Å². The highest BCUT2D eigenvalue weighted by Crippen LogP contribution is 2.16. The summed E-state index contributed by atoms with van der Waals surface area (Å²) in [5.74, 6) is -0.378. The van der Waals surface area contributed by atoms with Gasteiger partial charge < -0.3 is 10.2 Å². The molecule has 2 rings (SSSR count). The van der Waals surface area contributed by atoms with Crippen LogP contribution in [0.15, 0.2) is 48.5 Å². The molecule has 0 heterocycles. The van der Waals surface area contributed by atoms with Crippen LogP contribution in [0, 0.1) is 11.6 Å². The molecule has 0 fully saturated rings. The molecule has 0 aromatic heterocycles. The van der Waals surface area contributed by atoms with Crippen molar-refractivity contribution in [1.82, 2.24) is 10.2 Å². The highest BCUT2D eigenvalue weighted by Gasteiger charge is 2.25. The third kappa shape index (κ3) is 6.36. The van der Waals surface area contributed by atoms with Crippen molar-refractivity contribution in [2.45, 2.75) is 25.3 Å². The zero-order valence-electron chi connectivity index (χ0n) is 15.2. The number of hydrogen-bond donors (Lipinski definition) is 1. The average molecular weight is 392 g/mol. The number of thioether (sulfide) groups is 1. The molecule has 0 spiro atoms. The van der Waals surface area contributed by atoms with E-state index < -0.39 is 6.04 Å². The number of rotatable bonds is 8. The Hall–Kier alpha value is -2.41. The first kappa shape index (κ1) is 20.9. The fourth-order valence-corrected chi connectivity index (χ4v) is 3.37. The van der Waals surface area contributed by atoms with Crippen LogP contribution in [0.5, 0.6) is 0 Å². The molecule has 0 aliphatic rings. The molecule has 1 N–H and O–H groups in total. The molecule has 2 aromatic carbocycles. The van der Waals surface area contributed by atoms with E-state index in [2.05, 4.69) is 5.32 Å². The molecule has 0 radical (unpaired) electrons. The second-order valence-corrected chi connectivity index (χ2v) is 7.04. The van der Waals surface area contributed by atoms with Crippen molar-refractivity contribution in [2.24, 2.45) is 0 Å². The lowest BCUT2D eigenvalue weighted by atomic mass is 10.1. The van der Waals surface area contributed by atoms with Gasteiger partial charge in [-0.25, -0.2) is 8.78 Å². The SMILES string of the molecule is CNC(=O)C(C)N(Cc1ccc(F)cc1)C(=O)CSCc1ccc(F)cc1. The minimum absolute atomic E-state index is 0.180. The molecule has 4 nitrogen and oxygen atoms in total. The molecule has 144 valence electrons. The van der Waals surface area contributed by atoms with Crippen LogP contribution in [0.4, 0.5) is 8.78 Å². The Bertz CT molecular complexity index is 767. The molecule has 27 heavy (non-hydrogen) atoms. The van der Waals surface area contributed by atoms with Gasteiger partial charge in [-0.2, -0.15) is 0 Å². The van der Waals surface area contributed by atoms with Gasteiger partial charge in [0.25, 0.3) is 0 Å². The van der Waals surface area contributed by atoms with E-state index in [1.54, 1.807) is 31.2 Å². The summed E-state index contributed by atoms with van der Waals surface area (Å²) in [6, 6.07) is 11.3. The Morgan fingerprint density at radius 2 is 1.52 bits per heavy atom. The highest BCUT2D eigenvalue weighted by molar-refractivity contribution is 7.99. The van der Waals surface area contributed by atoms with Gasteiger partial charge in [-0.3, -0.25) is 9.59 Å². The van der Waals surface area contributed by atoms with E-state index in [-0.39, 0.29) is 35.7 Å². The molecule has 1 unspecified atom stereocenters. The van der Waals surface area contributed by atoms with E-state index in [1.165, 1.54) is 48.0 Å². The van der Waals surface area contributed by atoms with Crippen LogP contribution in [-0.2, 0) is 21.9 Å².